The van der Waals surface area contributed by atoms with E-state index in [1.165, 1.54) is 0 Å². The molecule has 0 bridgehead atoms. The monoisotopic (exact) mass is 472 g/mol. The summed E-state index contributed by atoms with van der Waals surface area (Å²) in [5.41, 5.74) is 2.01. The van der Waals surface area contributed by atoms with Crippen LogP contribution in [0.15, 0.2) is 66.7 Å². The molecule has 4 atom stereocenters. The van der Waals surface area contributed by atoms with Crippen LogP contribution in [0, 0.1) is 21.3 Å². The SMILES string of the molecule is O=C1NC(=O)[C@@H]2CCC=C[C@@H]2[C@@H]1[C@H](Nc1ccc(I)cc1)c1ccccc1. The maximum absolute atomic E-state index is 12.9. The highest BCUT2D eigenvalue weighted by Crippen LogP contribution is 2.41. The summed E-state index contributed by atoms with van der Waals surface area (Å²) in [6.07, 6.45) is 5.85. The molecule has 2 aliphatic rings. The third kappa shape index (κ3) is 3.78. The molecule has 0 spiro atoms. The number of benzene rings is 2. The van der Waals surface area contributed by atoms with Gasteiger partial charge in [-0.2, -0.15) is 0 Å². The number of carbonyl (C=O) groups excluding carboxylic acids is 2. The highest BCUT2D eigenvalue weighted by Gasteiger charge is 2.46. The minimum atomic E-state index is -0.342. The molecule has 2 N–H and O–H groups in total. The molecule has 2 aromatic carbocycles. The minimum absolute atomic E-state index is 0.0819. The molecule has 2 aromatic rings. The van der Waals surface area contributed by atoms with E-state index in [1.54, 1.807) is 0 Å². The number of hydrogen-bond donors (Lipinski definition) is 2. The Balaban J connectivity index is 1.73. The molecule has 1 fully saturated rings. The summed E-state index contributed by atoms with van der Waals surface area (Å²) in [5.74, 6) is -0.888. The standard InChI is InChI=1S/C22H21IN2O2/c23-15-10-12-16(13-11-15)24-20(14-6-2-1-3-7-14)19-17-8-4-5-9-18(17)21(26)25-22(19)27/h1-4,6-8,10-13,17-20,24H,5,9H2,(H,25,26,27)/t17-,18+,19+,20+/m0/s1. The number of piperidine rings is 1. The summed E-state index contributed by atoms with van der Waals surface area (Å²) in [4.78, 5) is 25.3. The third-order valence-corrected chi connectivity index (χ3v) is 6.17. The highest BCUT2D eigenvalue weighted by atomic mass is 127. The van der Waals surface area contributed by atoms with E-state index in [2.05, 4.69) is 45.4 Å². The Morgan fingerprint density at radius 3 is 2.48 bits per heavy atom. The number of halogens is 1. The lowest BCUT2D eigenvalue weighted by Crippen LogP contribution is -2.54. The first-order valence-corrected chi connectivity index (χ1v) is 10.3. The number of nitrogens with one attached hydrogen (secondary N) is 2. The largest absolute Gasteiger partial charge is 0.377 e. The van der Waals surface area contributed by atoms with Crippen molar-refractivity contribution in [1.29, 1.82) is 0 Å². The average molecular weight is 472 g/mol. The van der Waals surface area contributed by atoms with E-state index in [4.69, 9.17) is 0 Å². The first kappa shape index (κ1) is 18.2. The molecule has 4 nitrogen and oxygen atoms in total. The Hall–Kier alpha value is -2.15. The van der Waals surface area contributed by atoms with E-state index in [1.807, 2.05) is 54.6 Å². The molecular formula is C22H21IN2O2. The van der Waals surface area contributed by atoms with Gasteiger partial charge in [0.2, 0.25) is 11.8 Å². The summed E-state index contributed by atoms with van der Waals surface area (Å²) < 4.78 is 1.16. The van der Waals surface area contributed by atoms with E-state index in [0.29, 0.717) is 0 Å². The number of imide groups is 1. The van der Waals surface area contributed by atoms with E-state index in [9.17, 15) is 9.59 Å². The Labute approximate surface area is 172 Å². The van der Waals surface area contributed by atoms with Gasteiger partial charge in [-0.25, -0.2) is 0 Å². The molecule has 138 valence electrons. The van der Waals surface area contributed by atoms with Gasteiger partial charge in [0.25, 0.3) is 0 Å². The second-order valence-corrected chi connectivity index (χ2v) is 8.35. The molecule has 2 amide bonds. The molecule has 1 aliphatic heterocycles. The Bertz CT molecular complexity index is 864. The predicted molar refractivity (Wildman–Crippen MR) is 114 cm³/mol. The van der Waals surface area contributed by atoms with Crippen molar-refractivity contribution in [2.75, 3.05) is 5.32 Å². The smallest absolute Gasteiger partial charge is 0.232 e. The van der Waals surface area contributed by atoms with Gasteiger partial charge in [0.05, 0.1) is 12.0 Å². The van der Waals surface area contributed by atoms with Crippen LogP contribution in [0.2, 0.25) is 0 Å². The molecule has 5 heteroatoms. The lowest BCUT2D eigenvalue weighted by atomic mass is 9.69. The van der Waals surface area contributed by atoms with Crippen LogP contribution in [-0.2, 0) is 9.59 Å². The fourth-order valence-electron chi connectivity index (χ4n) is 4.14. The van der Waals surface area contributed by atoms with Crippen LogP contribution in [0.1, 0.15) is 24.4 Å². The molecule has 0 saturated carbocycles. The quantitative estimate of drug-likeness (QED) is 0.397. The Morgan fingerprint density at radius 1 is 1.00 bits per heavy atom. The fraction of sp³-hybridized carbons (Fsp3) is 0.273. The number of anilines is 1. The number of amides is 2. The van der Waals surface area contributed by atoms with Gasteiger partial charge in [-0.05, 0) is 65.3 Å². The molecule has 4 rings (SSSR count). The summed E-state index contributed by atoms with van der Waals surface area (Å²) >= 11 is 2.28. The lowest BCUT2D eigenvalue weighted by molar-refractivity contribution is -0.143. The van der Waals surface area contributed by atoms with Crippen LogP contribution in [0.25, 0.3) is 0 Å². The van der Waals surface area contributed by atoms with Gasteiger partial charge in [-0.1, -0.05) is 42.5 Å². The van der Waals surface area contributed by atoms with Crippen LogP contribution in [-0.4, -0.2) is 11.8 Å². The number of fused-ring (bicyclic) bond motifs is 1. The lowest BCUT2D eigenvalue weighted by Gasteiger charge is -2.41. The van der Waals surface area contributed by atoms with Gasteiger partial charge in [0.15, 0.2) is 0 Å². The minimum Gasteiger partial charge on any atom is -0.377 e. The Kier molecular flexibility index (Phi) is 5.29. The first-order valence-electron chi connectivity index (χ1n) is 9.22. The summed E-state index contributed by atoms with van der Waals surface area (Å²) in [7, 11) is 0. The highest BCUT2D eigenvalue weighted by molar-refractivity contribution is 14.1. The van der Waals surface area contributed by atoms with Crippen molar-refractivity contribution in [2.24, 2.45) is 17.8 Å². The van der Waals surface area contributed by atoms with Gasteiger partial charge in [-0.3, -0.25) is 14.9 Å². The fourth-order valence-corrected chi connectivity index (χ4v) is 4.50. The zero-order chi connectivity index (χ0) is 18.8. The van der Waals surface area contributed by atoms with Crippen LogP contribution in [0.3, 0.4) is 0 Å². The van der Waals surface area contributed by atoms with Crippen molar-refractivity contribution >= 4 is 40.1 Å². The number of allylic oxidation sites excluding steroid dienone is 2. The molecule has 1 saturated heterocycles. The van der Waals surface area contributed by atoms with Crippen LogP contribution < -0.4 is 10.6 Å². The van der Waals surface area contributed by atoms with Crippen molar-refractivity contribution in [1.82, 2.24) is 5.32 Å². The van der Waals surface area contributed by atoms with Gasteiger partial charge < -0.3 is 5.32 Å². The molecule has 0 aromatic heterocycles. The Morgan fingerprint density at radius 2 is 1.74 bits per heavy atom. The van der Waals surface area contributed by atoms with Gasteiger partial charge in [0.1, 0.15) is 0 Å². The predicted octanol–water partition coefficient (Wildman–Crippen LogP) is 4.30. The second-order valence-electron chi connectivity index (χ2n) is 7.11. The van der Waals surface area contributed by atoms with E-state index in [0.717, 1.165) is 27.7 Å². The van der Waals surface area contributed by atoms with Crippen molar-refractivity contribution in [2.45, 2.75) is 18.9 Å². The van der Waals surface area contributed by atoms with Crippen LogP contribution in [0.5, 0.6) is 0 Å². The second kappa shape index (κ2) is 7.84. The molecule has 1 aliphatic carbocycles. The van der Waals surface area contributed by atoms with Crippen molar-refractivity contribution in [3.05, 3.63) is 75.9 Å². The normalized spacial score (nSPS) is 25.4. The van der Waals surface area contributed by atoms with E-state index >= 15 is 0 Å². The van der Waals surface area contributed by atoms with E-state index < -0.39 is 0 Å². The number of hydrogen-bond acceptors (Lipinski definition) is 3. The van der Waals surface area contributed by atoms with Crippen molar-refractivity contribution < 1.29 is 9.59 Å². The van der Waals surface area contributed by atoms with Gasteiger partial charge in [0, 0.05) is 21.1 Å². The number of carbonyl (C=O) groups is 2. The van der Waals surface area contributed by atoms with E-state index in [-0.39, 0.29) is 35.6 Å². The van der Waals surface area contributed by atoms with Gasteiger partial charge >= 0.3 is 0 Å². The zero-order valence-electron chi connectivity index (χ0n) is 14.8. The molecule has 0 unspecified atom stereocenters. The molecule has 1 heterocycles. The van der Waals surface area contributed by atoms with Gasteiger partial charge in [-0.15, -0.1) is 0 Å². The van der Waals surface area contributed by atoms with Crippen LogP contribution in [0.4, 0.5) is 5.69 Å². The maximum Gasteiger partial charge on any atom is 0.232 e. The molecule has 0 radical (unpaired) electrons. The summed E-state index contributed by atoms with van der Waals surface area (Å²) in [6, 6.07) is 17.9. The zero-order valence-corrected chi connectivity index (χ0v) is 16.9. The van der Waals surface area contributed by atoms with Crippen LogP contribution >= 0.6 is 22.6 Å². The maximum atomic E-state index is 12.9. The number of rotatable bonds is 4. The summed E-state index contributed by atoms with van der Waals surface area (Å²) in [6.45, 7) is 0. The summed E-state index contributed by atoms with van der Waals surface area (Å²) in [5, 5.41) is 6.18. The molecular weight excluding hydrogens is 451 g/mol. The topological polar surface area (TPSA) is 58.2 Å². The van der Waals surface area contributed by atoms with Crippen molar-refractivity contribution in [3.63, 3.8) is 0 Å². The third-order valence-electron chi connectivity index (χ3n) is 5.45. The first-order chi connectivity index (χ1) is 13.1. The average Bonchev–Trinajstić information content (AvgIpc) is 2.69. The van der Waals surface area contributed by atoms with Crippen molar-refractivity contribution in [3.8, 4) is 0 Å². The molecule has 27 heavy (non-hydrogen) atoms.